The molecule has 0 saturated carbocycles. The number of esters is 2. The molecule has 0 fully saturated rings. The van der Waals surface area contributed by atoms with E-state index in [9.17, 15) is 9.59 Å². The Kier molecular flexibility index (Phi) is 34.0. The van der Waals surface area contributed by atoms with Gasteiger partial charge in [-0.2, -0.15) is 0 Å². The van der Waals surface area contributed by atoms with E-state index >= 15 is 0 Å². The molecule has 4 heteroatoms. The predicted octanol–water partition coefficient (Wildman–Crippen LogP) is 13.4. The second-order valence-corrected chi connectivity index (χ2v) is 13.8. The lowest BCUT2D eigenvalue weighted by Gasteiger charge is -2.21. The van der Waals surface area contributed by atoms with Gasteiger partial charge in [-0.3, -0.25) is 9.59 Å². The highest BCUT2D eigenvalue weighted by molar-refractivity contribution is 5.70. The zero-order valence-electron chi connectivity index (χ0n) is 30.4. The van der Waals surface area contributed by atoms with Crippen LogP contribution in [0.25, 0.3) is 0 Å². The quantitative estimate of drug-likeness (QED) is 0.0521. The van der Waals surface area contributed by atoms with Crippen LogP contribution < -0.4 is 0 Å². The molecule has 0 saturated heterocycles. The van der Waals surface area contributed by atoms with Crippen molar-refractivity contribution in [3.05, 3.63) is 0 Å². The van der Waals surface area contributed by atoms with Crippen LogP contribution in [0.15, 0.2) is 0 Å². The number of unbranched alkanes of at least 4 members (excludes halogenated alkanes) is 28. The summed E-state index contributed by atoms with van der Waals surface area (Å²) in [6, 6.07) is 0. The molecule has 0 bridgehead atoms. The molecule has 0 aromatic heterocycles. The molecule has 2 atom stereocenters. The van der Waals surface area contributed by atoms with Gasteiger partial charge in [-0.1, -0.05) is 194 Å². The molecule has 0 radical (unpaired) electrons. The lowest BCUT2D eigenvalue weighted by Crippen LogP contribution is -2.30. The number of hydrogen-bond acceptors (Lipinski definition) is 4. The highest BCUT2D eigenvalue weighted by Gasteiger charge is 2.20. The lowest BCUT2D eigenvalue weighted by atomic mass is 10.0. The fraction of sp³-hybridized carbons (Fsp3) is 0.950. The zero-order valence-corrected chi connectivity index (χ0v) is 30.4. The normalized spacial score (nSPS) is 12.7. The molecule has 0 amide bonds. The van der Waals surface area contributed by atoms with Crippen LogP contribution in [0.3, 0.4) is 0 Å². The van der Waals surface area contributed by atoms with Crippen LogP contribution in [0.5, 0.6) is 0 Å². The minimum absolute atomic E-state index is 0.169. The molecule has 0 aromatic rings. The molecule has 0 aliphatic heterocycles. The Hall–Kier alpha value is -1.06. The van der Waals surface area contributed by atoms with E-state index in [2.05, 4.69) is 13.8 Å². The average Bonchev–Trinajstić information content (AvgIpc) is 3.00. The molecule has 44 heavy (non-hydrogen) atoms. The first-order valence-corrected chi connectivity index (χ1v) is 19.9. The molecule has 0 spiro atoms. The van der Waals surface area contributed by atoms with Crippen molar-refractivity contribution in [1.82, 2.24) is 0 Å². The van der Waals surface area contributed by atoms with Crippen LogP contribution in [0.1, 0.15) is 233 Å². The van der Waals surface area contributed by atoms with Crippen molar-refractivity contribution in [1.29, 1.82) is 0 Å². The van der Waals surface area contributed by atoms with Gasteiger partial charge in [0.2, 0.25) is 0 Å². The summed E-state index contributed by atoms with van der Waals surface area (Å²) >= 11 is 0. The van der Waals surface area contributed by atoms with Gasteiger partial charge in [0.15, 0.2) is 0 Å². The Labute approximate surface area is 276 Å². The van der Waals surface area contributed by atoms with Gasteiger partial charge in [0.05, 0.1) is 0 Å². The topological polar surface area (TPSA) is 52.6 Å². The van der Waals surface area contributed by atoms with Crippen molar-refractivity contribution in [2.24, 2.45) is 0 Å². The molecule has 4 nitrogen and oxygen atoms in total. The van der Waals surface area contributed by atoms with E-state index in [1.807, 2.05) is 13.8 Å². The van der Waals surface area contributed by atoms with Gasteiger partial charge >= 0.3 is 11.9 Å². The van der Waals surface area contributed by atoms with Gasteiger partial charge in [-0.05, 0) is 26.7 Å². The summed E-state index contributed by atoms with van der Waals surface area (Å²) in [5.41, 5.74) is 0. The summed E-state index contributed by atoms with van der Waals surface area (Å²) in [4.78, 5) is 24.5. The van der Waals surface area contributed by atoms with E-state index in [4.69, 9.17) is 9.47 Å². The van der Waals surface area contributed by atoms with Crippen LogP contribution in [0.2, 0.25) is 0 Å². The summed E-state index contributed by atoms with van der Waals surface area (Å²) in [5, 5.41) is 0. The summed E-state index contributed by atoms with van der Waals surface area (Å²) in [6.45, 7) is 8.21. The highest BCUT2D eigenvalue weighted by Crippen LogP contribution is 2.16. The number of carbonyl (C=O) groups excluding carboxylic acids is 2. The van der Waals surface area contributed by atoms with Crippen molar-refractivity contribution in [2.45, 2.75) is 245 Å². The second-order valence-electron chi connectivity index (χ2n) is 13.8. The van der Waals surface area contributed by atoms with E-state index in [0.717, 1.165) is 25.7 Å². The maximum atomic E-state index is 12.2. The summed E-state index contributed by atoms with van der Waals surface area (Å²) in [6.07, 6.45) is 39.5. The number of carbonyl (C=O) groups is 2. The van der Waals surface area contributed by atoms with E-state index in [1.165, 1.54) is 167 Å². The average molecular weight is 623 g/mol. The maximum Gasteiger partial charge on any atom is 0.306 e. The van der Waals surface area contributed by atoms with Gasteiger partial charge in [0.1, 0.15) is 12.2 Å². The first-order chi connectivity index (χ1) is 21.5. The minimum Gasteiger partial charge on any atom is -0.459 e. The van der Waals surface area contributed by atoms with E-state index < -0.39 is 12.2 Å². The monoisotopic (exact) mass is 623 g/mol. The van der Waals surface area contributed by atoms with Crippen LogP contribution in [0, 0.1) is 0 Å². The fourth-order valence-corrected chi connectivity index (χ4v) is 6.01. The molecule has 0 rings (SSSR count). The largest absolute Gasteiger partial charge is 0.459 e. The third-order valence-corrected chi connectivity index (χ3v) is 9.26. The highest BCUT2D eigenvalue weighted by atomic mass is 16.6. The Morgan fingerprint density at radius 3 is 0.727 bits per heavy atom. The summed E-state index contributed by atoms with van der Waals surface area (Å²) in [5.74, 6) is -0.338. The van der Waals surface area contributed by atoms with Crippen LogP contribution in [-0.4, -0.2) is 24.1 Å². The number of ether oxygens (including phenoxy) is 2. The molecule has 262 valence electrons. The lowest BCUT2D eigenvalue weighted by molar-refractivity contribution is -0.165. The Bertz CT molecular complexity index is 552. The summed E-state index contributed by atoms with van der Waals surface area (Å²) in [7, 11) is 0. The smallest absolute Gasteiger partial charge is 0.306 e. The molecule has 0 aliphatic carbocycles. The second kappa shape index (κ2) is 34.8. The molecule has 0 heterocycles. The zero-order chi connectivity index (χ0) is 32.4. The van der Waals surface area contributed by atoms with E-state index in [-0.39, 0.29) is 11.9 Å². The predicted molar refractivity (Wildman–Crippen MR) is 190 cm³/mol. The molecular weight excluding hydrogens is 544 g/mol. The molecule has 2 unspecified atom stereocenters. The Morgan fingerprint density at radius 2 is 0.523 bits per heavy atom. The van der Waals surface area contributed by atoms with Crippen molar-refractivity contribution in [3.8, 4) is 0 Å². The third kappa shape index (κ3) is 32.3. The first kappa shape index (κ1) is 42.9. The summed E-state index contributed by atoms with van der Waals surface area (Å²) < 4.78 is 11.1. The molecular formula is C40H78O4. The minimum atomic E-state index is -0.399. The van der Waals surface area contributed by atoms with Gasteiger partial charge in [-0.25, -0.2) is 0 Å². The van der Waals surface area contributed by atoms with Crippen molar-refractivity contribution in [3.63, 3.8) is 0 Å². The Morgan fingerprint density at radius 1 is 0.341 bits per heavy atom. The van der Waals surface area contributed by atoms with Crippen LogP contribution >= 0.6 is 0 Å². The number of rotatable bonds is 35. The van der Waals surface area contributed by atoms with Crippen molar-refractivity contribution in [2.75, 3.05) is 0 Å². The maximum absolute atomic E-state index is 12.2. The van der Waals surface area contributed by atoms with Crippen molar-refractivity contribution < 1.29 is 19.1 Å². The number of hydrogen-bond donors (Lipinski definition) is 0. The standard InChI is InChI=1S/C40H78O4/c1-5-7-9-11-13-15-17-19-21-23-25-27-29-31-33-35-39(41)43-37(3)38(4)44-40(42)36-34-32-30-28-26-24-22-20-18-16-14-12-10-8-6-2/h37-38H,5-36H2,1-4H3. The first-order valence-electron chi connectivity index (χ1n) is 19.9. The molecule has 0 N–H and O–H groups in total. The van der Waals surface area contributed by atoms with Gasteiger partial charge in [0.25, 0.3) is 0 Å². The molecule has 0 aliphatic rings. The van der Waals surface area contributed by atoms with Crippen molar-refractivity contribution >= 4 is 11.9 Å². The van der Waals surface area contributed by atoms with Gasteiger partial charge in [-0.15, -0.1) is 0 Å². The van der Waals surface area contributed by atoms with E-state index in [1.54, 1.807) is 0 Å². The van der Waals surface area contributed by atoms with Crippen LogP contribution in [-0.2, 0) is 19.1 Å². The van der Waals surface area contributed by atoms with E-state index in [0.29, 0.717) is 12.8 Å². The SMILES string of the molecule is CCCCCCCCCCCCCCCCCC(=O)OC(C)C(C)OC(=O)CCCCCCCCCCCCCCCCC. The molecule has 0 aromatic carbocycles. The van der Waals surface area contributed by atoms with Gasteiger partial charge < -0.3 is 9.47 Å². The van der Waals surface area contributed by atoms with Crippen LogP contribution in [0.4, 0.5) is 0 Å². The van der Waals surface area contributed by atoms with Gasteiger partial charge in [0, 0.05) is 12.8 Å². The fourth-order valence-electron chi connectivity index (χ4n) is 6.01. The Balaban J connectivity index is 3.51. The third-order valence-electron chi connectivity index (χ3n) is 9.26.